The molecule has 0 heterocycles. The summed E-state index contributed by atoms with van der Waals surface area (Å²) >= 11 is 0. The van der Waals surface area contributed by atoms with Crippen molar-refractivity contribution >= 4 is 10.1 Å². The summed E-state index contributed by atoms with van der Waals surface area (Å²) in [5, 5.41) is 0. The van der Waals surface area contributed by atoms with E-state index < -0.39 is 10.1 Å². The number of quaternary nitrogens is 1. The van der Waals surface area contributed by atoms with Gasteiger partial charge in [-0.3, -0.25) is 0 Å². The first-order valence-electron chi connectivity index (χ1n) is 35.2. The van der Waals surface area contributed by atoms with Gasteiger partial charge in [-0.2, -0.15) is 0 Å². The Kier molecular flexibility index (Phi) is 62.0. The second-order valence-corrected chi connectivity index (χ2v) is 26.5. The zero-order chi connectivity index (χ0) is 53.7. The van der Waals surface area contributed by atoms with Crippen molar-refractivity contribution in [3.63, 3.8) is 0 Å². The molecule has 0 aromatic heterocycles. The van der Waals surface area contributed by atoms with E-state index in [9.17, 15) is 13.0 Å². The predicted molar refractivity (Wildman–Crippen MR) is 333 cm³/mol. The van der Waals surface area contributed by atoms with Gasteiger partial charge in [-0.1, -0.05) is 367 Å². The third-order valence-corrected chi connectivity index (χ3v) is 18.3. The summed E-state index contributed by atoms with van der Waals surface area (Å²) < 4.78 is 36.5. The van der Waals surface area contributed by atoms with Crippen LogP contribution in [0.15, 0.2) is 0 Å². The molecule has 74 heavy (non-hydrogen) atoms. The molecular weight excluding hydrogens is 923 g/mol. The van der Waals surface area contributed by atoms with Crippen LogP contribution in [0, 0.1) is 0 Å². The number of nitrogens with zero attached hydrogens (tertiary/aromatic N) is 1. The zero-order valence-corrected chi connectivity index (χ0v) is 52.6. The van der Waals surface area contributed by atoms with E-state index in [0.717, 1.165) is 11.0 Å². The molecule has 0 spiro atoms. The minimum atomic E-state index is -4.17. The van der Waals surface area contributed by atoms with E-state index in [1.807, 2.05) is 0 Å². The highest BCUT2D eigenvalue weighted by atomic mass is 32.2. The van der Waals surface area contributed by atoms with Crippen LogP contribution in [-0.4, -0.2) is 49.4 Å². The van der Waals surface area contributed by atoms with E-state index >= 15 is 0 Å². The van der Waals surface area contributed by atoms with Gasteiger partial charge in [-0.25, -0.2) is 8.42 Å². The van der Waals surface area contributed by atoms with Crippen LogP contribution in [0.3, 0.4) is 0 Å². The maximum atomic E-state index is 11.8. The van der Waals surface area contributed by atoms with Crippen molar-refractivity contribution in [3.8, 4) is 0 Å². The van der Waals surface area contributed by atoms with Gasteiger partial charge in [0.1, 0.15) is 0 Å². The Balaban J connectivity index is 4.61. The Labute approximate surface area is 469 Å². The molecule has 5 heteroatoms. The third kappa shape index (κ3) is 61.1. The van der Waals surface area contributed by atoms with Gasteiger partial charge in [0.25, 0.3) is 0 Å². The average Bonchev–Trinajstić information content (AvgIpc) is 3.38. The fourth-order valence-electron chi connectivity index (χ4n) is 12.4. The molecule has 0 aromatic carbocycles. The Morgan fingerprint density at radius 1 is 0.203 bits per heavy atom. The fraction of sp³-hybridized carbons (Fsp3) is 1.00. The van der Waals surface area contributed by atoms with Crippen molar-refractivity contribution in [2.75, 3.05) is 31.9 Å². The molecule has 0 aromatic rings. The lowest BCUT2D eigenvalue weighted by molar-refractivity contribution is -0.928. The number of unbranched alkanes of at least 4 members (excludes halogenated alkanes) is 57. The van der Waals surface area contributed by atoms with Crippen LogP contribution >= 0.6 is 0 Å². The van der Waals surface area contributed by atoms with Crippen LogP contribution in [0.1, 0.15) is 412 Å². The highest BCUT2D eigenvalue weighted by Gasteiger charge is 2.26. The van der Waals surface area contributed by atoms with Crippen molar-refractivity contribution in [2.45, 2.75) is 412 Å². The summed E-state index contributed by atoms with van der Waals surface area (Å²) in [5.74, 6) is -0.190. The Morgan fingerprint density at radius 2 is 0.324 bits per heavy atom. The molecule has 0 aliphatic rings. The van der Waals surface area contributed by atoms with Crippen LogP contribution in [0.4, 0.5) is 0 Å². The minimum Gasteiger partial charge on any atom is -0.748 e. The van der Waals surface area contributed by atoms with Gasteiger partial charge in [-0.15, -0.1) is 0 Å². The smallest absolute Gasteiger partial charge is 0.0948 e. The van der Waals surface area contributed by atoms with Gasteiger partial charge in [0, 0.05) is 12.2 Å². The SMILES string of the molecule is CCCCCCCCCCCCCCCCCCCCCC[N+](CCCCCCCCCCCCCCCCCCCCCC)(CCCCCCCCCCCCCCCCCCCCCC)CCCS(=O)(=O)[O-]. The molecule has 0 saturated carbocycles. The third-order valence-electron chi connectivity index (χ3n) is 17.5. The first kappa shape index (κ1) is 73.9. The molecule has 0 bridgehead atoms. The van der Waals surface area contributed by atoms with Crippen LogP contribution < -0.4 is 0 Å². The van der Waals surface area contributed by atoms with E-state index in [-0.39, 0.29) is 5.75 Å². The summed E-state index contributed by atoms with van der Waals surface area (Å²) in [6.45, 7) is 11.3. The molecule has 0 aliphatic heterocycles. The van der Waals surface area contributed by atoms with Crippen molar-refractivity contribution in [3.05, 3.63) is 0 Å². The summed E-state index contributed by atoms with van der Waals surface area (Å²) in [4.78, 5) is 0. The zero-order valence-electron chi connectivity index (χ0n) is 51.7. The van der Waals surface area contributed by atoms with Crippen molar-refractivity contribution < 1.29 is 17.5 Å². The van der Waals surface area contributed by atoms with Gasteiger partial charge in [0.15, 0.2) is 0 Å². The monoisotopic (exact) mass is 1060 g/mol. The van der Waals surface area contributed by atoms with Gasteiger partial charge in [0.05, 0.1) is 36.3 Å². The van der Waals surface area contributed by atoms with Crippen LogP contribution in [0.25, 0.3) is 0 Å². The molecule has 446 valence electrons. The largest absolute Gasteiger partial charge is 0.748 e. The standard InChI is InChI=1S/C69H141NO3S/c1-4-7-10-13-16-19-22-25-28-31-34-37-40-43-46-49-52-55-58-61-65-70(68-64-69-74(71,72)73,66-62-59-56-53-50-47-44-41-38-35-32-29-26-23-20-17-14-11-8-5-2)67-63-60-57-54-51-48-45-42-39-36-33-30-27-24-21-18-15-12-9-6-3/h4-69H2,1-3H3. The lowest BCUT2D eigenvalue weighted by Crippen LogP contribution is -2.51. The number of hydrogen-bond acceptors (Lipinski definition) is 3. The van der Waals surface area contributed by atoms with Crippen molar-refractivity contribution in [1.82, 2.24) is 0 Å². The molecule has 0 saturated heterocycles. The van der Waals surface area contributed by atoms with E-state index in [1.165, 1.54) is 405 Å². The molecule has 0 fully saturated rings. The normalized spacial score (nSPS) is 12.2. The first-order valence-corrected chi connectivity index (χ1v) is 36.8. The molecule has 0 unspecified atom stereocenters. The van der Waals surface area contributed by atoms with Crippen LogP contribution in [0.2, 0.25) is 0 Å². The highest BCUT2D eigenvalue weighted by molar-refractivity contribution is 7.85. The number of rotatable bonds is 67. The summed E-state index contributed by atoms with van der Waals surface area (Å²) in [6, 6.07) is 0. The first-order chi connectivity index (χ1) is 36.4. The van der Waals surface area contributed by atoms with Crippen LogP contribution in [0.5, 0.6) is 0 Å². The quantitative estimate of drug-likeness (QED) is 0.0346. The van der Waals surface area contributed by atoms with Gasteiger partial charge in [-0.05, 0) is 38.5 Å². The van der Waals surface area contributed by atoms with Gasteiger partial charge < -0.3 is 9.04 Å². The van der Waals surface area contributed by atoms with Crippen molar-refractivity contribution in [1.29, 1.82) is 0 Å². The molecular formula is C69H141NO3S. The second kappa shape index (κ2) is 62.1. The Bertz CT molecular complexity index is 1020. The lowest BCUT2D eigenvalue weighted by atomic mass is 10.0. The fourth-order valence-corrected chi connectivity index (χ4v) is 12.8. The lowest BCUT2D eigenvalue weighted by Gasteiger charge is -2.40. The molecule has 0 rings (SSSR count). The minimum absolute atomic E-state index is 0.190. The van der Waals surface area contributed by atoms with Crippen LogP contribution in [-0.2, 0) is 10.1 Å². The molecule has 0 N–H and O–H groups in total. The van der Waals surface area contributed by atoms with E-state index in [0.29, 0.717) is 6.42 Å². The molecule has 4 nitrogen and oxygen atoms in total. The molecule has 0 aliphatic carbocycles. The summed E-state index contributed by atoms with van der Waals surface area (Å²) in [7, 11) is -4.17. The number of hydrogen-bond donors (Lipinski definition) is 0. The molecule has 0 atom stereocenters. The Hall–Kier alpha value is -0.130. The van der Waals surface area contributed by atoms with Gasteiger partial charge >= 0.3 is 0 Å². The predicted octanol–water partition coefficient (Wildman–Crippen LogP) is 24.2. The van der Waals surface area contributed by atoms with E-state index in [4.69, 9.17) is 0 Å². The maximum absolute atomic E-state index is 11.8. The molecule has 0 amide bonds. The van der Waals surface area contributed by atoms with Crippen molar-refractivity contribution in [2.24, 2.45) is 0 Å². The topological polar surface area (TPSA) is 57.2 Å². The van der Waals surface area contributed by atoms with E-state index in [2.05, 4.69) is 20.8 Å². The summed E-state index contributed by atoms with van der Waals surface area (Å²) in [5.41, 5.74) is 0. The van der Waals surface area contributed by atoms with E-state index in [1.54, 1.807) is 0 Å². The second-order valence-electron chi connectivity index (χ2n) is 25.0. The average molecular weight is 1060 g/mol. The maximum Gasteiger partial charge on any atom is 0.0948 e. The molecule has 0 radical (unpaired) electrons. The van der Waals surface area contributed by atoms with Gasteiger partial charge in [0.2, 0.25) is 0 Å². The highest BCUT2D eigenvalue weighted by Crippen LogP contribution is 2.22. The summed E-state index contributed by atoms with van der Waals surface area (Å²) in [6.07, 6.45) is 85.0. The Morgan fingerprint density at radius 3 is 0.459 bits per heavy atom.